The molecular formula is C13H15Ti. The molecule has 0 atom stereocenters. The molecule has 71 valence electrons. The van der Waals surface area contributed by atoms with Gasteiger partial charge in [0.25, 0.3) is 0 Å². The quantitative estimate of drug-likeness (QED) is 0.549. The number of hydrogen-bond donors (Lipinski definition) is 0. The Kier molecular flexibility index (Phi) is 19.8. The molecule has 0 amide bonds. The van der Waals surface area contributed by atoms with Gasteiger partial charge in [0, 0.05) is 21.7 Å². The maximum absolute atomic E-state index is 3.25. The molecule has 2 rings (SSSR count). The summed E-state index contributed by atoms with van der Waals surface area (Å²) in [5.41, 5.74) is 0. The second kappa shape index (κ2) is 16.2. The Bertz CT molecular complexity index is 48.1. The number of hydrogen-bond acceptors (Lipinski definition) is 0. The SMILES string of the molecule is [CH2][CH][CH2].[CH]1[CH][CH][CH][CH]1.[CH]1[CH][CH][CH][CH]1.[Ti]. The summed E-state index contributed by atoms with van der Waals surface area (Å²) in [4.78, 5) is 0. The van der Waals surface area contributed by atoms with Crippen LogP contribution in [0.5, 0.6) is 0 Å². The average Bonchev–Trinajstić information content (AvgIpc) is 2.85. The van der Waals surface area contributed by atoms with E-state index in [0.717, 1.165) is 0 Å². The van der Waals surface area contributed by atoms with Crippen molar-refractivity contribution in [3.05, 3.63) is 84.5 Å². The van der Waals surface area contributed by atoms with Crippen LogP contribution in [-0.2, 0) is 21.7 Å². The normalized spacial score (nSPS) is 18.4. The molecule has 0 aromatic rings. The number of rotatable bonds is 0. The third-order valence-corrected chi connectivity index (χ3v) is 1.11. The van der Waals surface area contributed by atoms with E-state index in [1.807, 2.05) is 64.2 Å². The minimum atomic E-state index is 0. The summed E-state index contributed by atoms with van der Waals surface area (Å²) in [6.07, 6.45) is 21.5. The summed E-state index contributed by atoms with van der Waals surface area (Å²) < 4.78 is 0. The average molecular weight is 219 g/mol. The zero-order valence-electron chi connectivity index (χ0n) is 8.27. The van der Waals surface area contributed by atoms with Gasteiger partial charge in [-0.2, -0.15) is 0 Å². The molecule has 0 aromatic carbocycles. The molecule has 0 nitrogen and oxygen atoms in total. The van der Waals surface area contributed by atoms with E-state index in [4.69, 9.17) is 0 Å². The van der Waals surface area contributed by atoms with Crippen LogP contribution in [0.25, 0.3) is 0 Å². The van der Waals surface area contributed by atoms with Crippen molar-refractivity contribution in [1.82, 2.24) is 0 Å². The topological polar surface area (TPSA) is 0 Å². The summed E-state index contributed by atoms with van der Waals surface area (Å²) in [7, 11) is 0. The first-order valence-electron chi connectivity index (χ1n) is 4.15. The summed E-state index contributed by atoms with van der Waals surface area (Å²) in [5, 5.41) is 0. The first-order valence-corrected chi connectivity index (χ1v) is 4.15. The van der Waals surface area contributed by atoms with Crippen molar-refractivity contribution in [3.63, 3.8) is 0 Å². The van der Waals surface area contributed by atoms with Gasteiger partial charge in [0.2, 0.25) is 0 Å². The molecule has 2 fully saturated rings. The van der Waals surface area contributed by atoms with Crippen LogP contribution in [-0.4, -0.2) is 0 Å². The molecule has 0 spiro atoms. The van der Waals surface area contributed by atoms with Crippen LogP contribution in [0.15, 0.2) is 0 Å². The Morgan fingerprint density at radius 1 is 0.500 bits per heavy atom. The summed E-state index contributed by atoms with van der Waals surface area (Å²) >= 11 is 0. The van der Waals surface area contributed by atoms with Gasteiger partial charge >= 0.3 is 0 Å². The van der Waals surface area contributed by atoms with Gasteiger partial charge in [0.05, 0.1) is 0 Å². The van der Waals surface area contributed by atoms with Crippen molar-refractivity contribution in [2.24, 2.45) is 0 Å². The molecule has 2 aliphatic rings. The third kappa shape index (κ3) is 15.2. The Balaban J connectivity index is 0. The van der Waals surface area contributed by atoms with Crippen molar-refractivity contribution >= 4 is 0 Å². The van der Waals surface area contributed by atoms with Crippen molar-refractivity contribution in [2.45, 2.75) is 0 Å². The molecule has 2 aliphatic carbocycles. The monoisotopic (exact) mass is 219 g/mol. The van der Waals surface area contributed by atoms with E-state index in [-0.39, 0.29) is 21.7 Å². The Hall–Kier alpha value is 0.714. The molecule has 14 heavy (non-hydrogen) atoms. The molecule has 13 radical (unpaired) electrons. The molecule has 0 bridgehead atoms. The zero-order valence-corrected chi connectivity index (χ0v) is 9.83. The van der Waals surface area contributed by atoms with Crippen LogP contribution in [0.2, 0.25) is 0 Å². The van der Waals surface area contributed by atoms with Crippen molar-refractivity contribution in [1.29, 1.82) is 0 Å². The first-order chi connectivity index (χ1) is 6.41. The van der Waals surface area contributed by atoms with Gasteiger partial charge in [-0.25, -0.2) is 0 Å². The molecule has 1 heteroatoms. The fraction of sp³-hybridized carbons (Fsp3) is 0. The smallest absolute Gasteiger partial charge is 0 e. The standard InChI is InChI=1S/2C5H5.C3H5.Ti/c2*1-2-4-5-3-1;1-3-2;/h2*1-5H;3H,1-2H2;. The van der Waals surface area contributed by atoms with Gasteiger partial charge in [-0.1, -0.05) is 0 Å². The molecule has 0 heterocycles. The fourth-order valence-electron chi connectivity index (χ4n) is 0.642. The second-order valence-corrected chi connectivity index (χ2v) is 2.21. The van der Waals surface area contributed by atoms with Gasteiger partial charge in [-0.15, -0.1) is 0 Å². The van der Waals surface area contributed by atoms with Crippen molar-refractivity contribution < 1.29 is 21.7 Å². The summed E-state index contributed by atoms with van der Waals surface area (Å²) in [6.45, 7) is 6.50. The van der Waals surface area contributed by atoms with Crippen LogP contribution < -0.4 is 0 Å². The van der Waals surface area contributed by atoms with E-state index in [9.17, 15) is 0 Å². The van der Waals surface area contributed by atoms with E-state index in [1.165, 1.54) is 6.42 Å². The van der Waals surface area contributed by atoms with Crippen LogP contribution in [0.1, 0.15) is 0 Å². The van der Waals surface area contributed by atoms with E-state index in [2.05, 4.69) is 13.8 Å². The minimum Gasteiger partial charge on any atom is -0.0499 e. The van der Waals surface area contributed by atoms with Crippen LogP contribution >= 0.6 is 0 Å². The molecule has 2 saturated carbocycles. The van der Waals surface area contributed by atoms with E-state index in [0.29, 0.717) is 0 Å². The minimum absolute atomic E-state index is 0. The summed E-state index contributed by atoms with van der Waals surface area (Å²) in [5.74, 6) is 0. The molecule has 0 saturated heterocycles. The van der Waals surface area contributed by atoms with Gasteiger partial charge in [-0.05, 0) is 84.5 Å². The van der Waals surface area contributed by atoms with Gasteiger partial charge in [0.15, 0.2) is 0 Å². The Labute approximate surface area is 106 Å². The third-order valence-electron chi connectivity index (χ3n) is 1.11. The van der Waals surface area contributed by atoms with E-state index in [1.54, 1.807) is 0 Å². The van der Waals surface area contributed by atoms with Crippen molar-refractivity contribution in [3.8, 4) is 0 Å². The maximum Gasteiger partial charge on any atom is 0 e. The second-order valence-electron chi connectivity index (χ2n) is 2.21. The van der Waals surface area contributed by atoms with Crippen LogP contribution in [0.3, 0.4) is 0 Å². The van der Waals surface area contributed by atoms with Crippen molar-refractivity contribution in [2.75, 3.05) is 0 Å². The molecule has 0 aliphatic heterocycles. The van der Waals surface area contributed by atoms with Gasteiger partial charge in [-0.3, -0.25) is 0 Å². The molecule has 0 aromatic heterocycles. The summed E-state index contributed by atoms with van der Waals surface area (Å²) in [6, 6.07) is 0. The predicted octanol–water partition coefficient (Wildman–Crippen LogP) is 2.90. The van der Waals surface area contributed by atoms with Crippen LogP contribution in [0, 0.1) is 84.5 Å². The first kappa shape index (κ1) is 17.1. The fourth-order valence-corrected chi connectivity index (χ4v) is 0.642. The molecule has 0 N–H and O–H groups in total. The van der Waals surface area contributed by atoms with E-state index >= 15 is 0 Å². The Morgan fingerprint density at radius 3 is 0.643 bits per heavy atom. The van der Waals surface area contributed by atoms with E-state index < -0.39 is 0 Å². The van der Waals surface area contributed by atoms with Crippen LogP contribution in [0.4, 0.5) is 0 Å². The maximum atomic E-state index is 3.25. The Morgan fingerprint density at radius 2 is 0.571 bits per heavy atom. The largest absolute Gasteiger partial charge is 0.0499 e. The molecule has 0 unspecified atom stereocenters. The zero-order chi connectivity index (χ0) is 9.78. The van der Waals surface area contributed by atoms with Gasteiger partial charge < -0.3 is 0 Å². The van der Waals surface area contributed by atoms with Gasteiger partial charge in [0.1, 0.15) is 0 Å². The predicted molar refractivity (Wildman–Crippen MR) is 58.0 cm³/mol. The molecular weight excluding hydrogens is 204 g/mol.